The second-order valence-electron chi connectivity index (χ2n) is 9.83. The zero-order valence-corrected chi connectivity index (χ0v) is 19.0. The molecular weight excluding hydrogens is 362 g/mol. The van der Waals surface area contributed by atoms with E-state index in [2.05, 4.69) is 15.1 Å². The minimum absolute atomic E-state index is 0.173. The lowest BCUT2D eigenvalue weighted by Crippen LogP contribution is -2.58. The molecule has 1 saturated carbocycles. The van der Waals surface area contributed by atoms with Gasteiger partial charge in [-0.3, -0.25) is 9.59 Å². The van der Waals surface area contributed by atoms with Crippen LogP contribution in [0, 0.1) is 23.2 Å². The number of ketones is 1. The van der Waals surface area contributed by atoms with E-state index < -0.39 is 0 Å². The second kappa shape index (κ2) is 10.4. The molecule has 166 valence electrons. The number of hydrogen-bond donors (Lipinski definition) is 1. The maximum atomic E-state index is 12.9. The van der Waals surface area contributed by atoms with E-state index in [0.29, 0.717) is 17.1 Å². The van der Waals surface area contributed by atoms with Crippen LogP contribution >= 0.6 is 0 Å². The van der Waals surface area contributed by atoms with Gasteiger partial charge in [-0.05, 0) is 82.7 Å². The van der Waals surface area contributed by atoms with Crippen LogP contribution in [0.1, 0.15) is 72.1 Å². The molecule has 3 saturated heterocycles. The molecule has 3 heterocycles. The van der Waals surface area contributed by atoms with Crippen LogP contribution in [0.25, 0.3) is 0 Å². The van der Waals surface area contributed by atoms with Gasteiger partial charge in [0.25, 0.3) is 0 Å². The smallest absolute Gasteiger partial charge is 0.225 e. The third-order valence-corrected chi connectivity index (χ3v) is 8.01. The van der Waals surface area contributed by atoms with Gasteiger partial charge in [-0.2, -0.15) is 0 Å². The Morgan fingerprint density at radius 2 is 1.41 bits per heavy atom. The molecule has 0 aromatic carbocycles. The van der Waals surface area contributed by atoms with E-state index in [4.69, 9.17) is 0 Å². The van der Waals surface area contributed by atoms with E-state index in [9.17, 15) is 9.59 Å². The Morgan fingerprint density at radius 1 is 0.862 bits per heavy atom. The van der Waals surface area contributed by atoms with Crippen molar-refractivity contribution >= 4 is 11.7 Å². The Labute approximate surface area is 178 Å². The molecule has 1 N–H and O–H groups in total. The summed E-state index contributed by atoms with van der Waals surface area (Å²) in [6, 6.07) is 0. The minimum Gasteiger partial charge on any atom is -0.342 e. The van der Waals surface area contributed by atoms with Crippen molar-refractivity contribution in [1.29, 1.82) is 0 Å². The van der Waals surface area contributed by atoms with Crippen molar-refractivity contribution in [2.45, 2.75) is 72.1 Å². The number of nitrogens with one attached hydrogen (secondary N) is 1. The van der Waals surface area contributed by atoms with E-state index >= 15 is 0 Å². The molecule has 5 nitrogen and oxygen atoms in total. The number of hydrogen-bond acceptors (Lipinski definition) is 4. The Balaban J connectivity index is 0.00000117. The number of piperidine rings is 2. The highest BCUT2D eigenvalue weighted by atomic mass is 16.2. The van der Waals surface area contributed by atoms with Crippen molar-refractivity contribution in [1.82, 2.24) is 15.1 Å². The van der Waals surface area contributed by atoms with E-state index in [0.717, 1.165) is 57.5 Å². The Bertz CT molecular complexity index is 534. The highest BCUT2D eigenvalue weighted by Gasteiger charge is 2.40. The number of nitrogens with zero attached hydrogens (tertiary/aromatic N) is 2. The fourth-order valence-electron chi connectivity index (χ4n) is 5.75. The molecule has 1 aliphatic carbocycles. The predicted octanol–water partition coefficient (Wildman–Crippen LogP) is 3.33. The Morgan fingerprint density at radius 3 is 1.90 bits per heavy atom. The molecule has 4 aliphatic rings. The average Bonchev–Trinajstić information content (AvgIpc) is 2.75. The summed E-state index contributed by atoms with van der Waals surface area (Å²) >= 11 is 0. The van der Waals surface area contributed by atoms with Crippen molar-refractivity contribution in [3.63, 3.8) is 0 Å². The molecule has 0 bridgehead atoms. The van der Waals surface area contributed by atoms with Gasteiger partial charge >= 0.3 is 0 Å². The average molecular weight is 406 g/mol. The first-order valence-corrected chi connectivity index (χ1v) is 12.3. The summed E-state index contributed by atoms with van der Waals surface area (Å²) in [6.45, 7) is 13.8. The van der Waals surface area contributed by atoms with Crippen LogP contribution in [0.2, 0.25) is 0 Å². The summed E-state index contributed by atoms with van der Waals surface area (Å²) in [5, 5.41) is 3.45. The molecule has 3 aliphatic heterocycles. The highest BCUT2D eigenvalue weighted by Crippen LogP contribution is 2.36. The first-order valence-electron chi connectivity index (χ1n) is 12.3. The fraction of sp³-hybridized carbons (Fsp3) is 0.917. The van der Waals surface area contributed by atoms with Gasteiger partial charge in [-0.1, -0.05) is 13.8 Å². The second-order valence-corrected chi connectivity index (χ2v) is 9.83. The number of amides is 1. The quantitative estimate of drug-likeness (QED) is 0.779. The van der Waals surface area contributed by atoms with Gasteiger partial charge in [0, 0.05) is 44.6 Å². The van der Waals surface area contributed by atoms with E-state index in [1.54, 1.807) is 6.92 Å². The van der Waals surface area contributed by atoms with Crippen molar-refractivity contribution in [3.8, 4) is 0 Å². The van der Waals surface area contributed by atoms with Crippen LogP contribution in [-0.2, 0) is 9.59 Å². The summed E-state index contributed by atoms with van der Waals surface area (Å²) in [7, 11) is 0. The van der Waals surface area contributed by atoms with Gasteiger partial charge in [0.2, 0.25) is 5.91 Å². The molecule has 4 fully saturated rings. The Hall–Kier alpha value is -0.940. The van der Waals surface area contributed by atoms with Crippen LogP contribution in [0.5, 0.6) is 0 Å². The normalized spacial score (nSPS) is 30.2. The zero-order chi connectivity index (χ0) is 20.9. The van der Waals surface area contributed by atoms with Crippen LogP contribution < -0.4 is 5.32 Å². The van der Waals surface area contributed by atoms with Crippen molar-refractivity contribution in [3.05, 3.63) is 0 Å². The SMILES string of the molecule is CC.CC(=O)C1CCC(C(=O)N2CCC(CN3CCC4(CC3)CNC4)CC2)CC1. The molecule has 0 unspecified atom stereocenters. The molecule has 0 radical (unpaired) electrons. The lowest BCUT2D eigenvalue weighted by molar-refractivity contribution is -0.139. The molecule has 0 aromatic heterocycles. The maximum absolute atomic E-state index is 12.9. The van der Waals surface area contributed by atoms with Crippen LogP contribution in [-0.4, -0.2) is 67.3 Å². The molecular formula is C24H43N3O2. The number of carbonyl (C=O) groups excluding carboxylic acids is 2. The lowest BCUT2D eigenvalue weighted by Gasteiger charge is -2.49. The summed E-state index contributed by atoms with van der Waals surface area (Å²) in [6.07, 6.45) is 8.69. The highest BCUT2D eigenvalue weighted by molar-refractivity contribution is 5.81. The van der Waals surface area contributed by atoms with Crippen molar-refractivity contribution in [2.75, 3.05) is 45.8 Å². The van der Waals surface area contributed by atoms with E-state index in [-0.39, 0.29) is 11.8 Å². The molecule has 0 aromatic rings. The molecule has 0 atom stereocenters. The summed E-state index contributed by atoms with van der Waals surface area (Å²) in [5.41, 5.74) is 0.633. The van der Waals surface area contributed by atoms with E-state index in [1.165, 1.54) is 45.6 Å². The zero-order valence-electron chi connectivity index (χ0n) is 19.0. The van der Waals surface area contributed by atoms with Gasteiger partial charge in [0.05, 0.1) is 0 Å². The third kappa shape index (κ3) is 5.61. The number of carbonyl (C=O) groups is 2. The molecule has 1 amide bonds. The van der Waals surface area contributed by atoms with Gasteiger partial charge in [0.1, 0.15) is 5.78 Å². The van der Waals surface area contributed by atoms with Crippen LogP contribution in [0.4, 0.5) is 0 Å². The molecule has 29 heavy (non-hydrogen) atoms. The lowest BCUT2D eigenvalue weighted by atomic mass is 9.73. The monoisotopic (exact) mass is 405 g/mol. The molecule has 1 spiro atoms. The third-order valence-electron chi connectivity index (χ3n) is 8.01. The summed E-state index contributed by atoms with van der Waals surface area (Å²) in [5.74, 6) is 1.81. The maximum Gasteiger partial charge on any atom is 0.225 e. The standard InChI is InChI=1S/C22H37N3O2.C2H6/c1-17(26)19-2-4-20(5-3-19)21(27)25-10-6-18(7-11-25)14-24-12-8-22(9-13-24)15-23-16-22;1-2/h18-20,23H,2-16H2,1H3;1-2H3. The van der Waals surface area contributed by atoms with Crippen molar-refractivity contribution in [2.24, 2.45) is 23.2 Å². The first-order chi connectivity index (χ1) is 14.0. The van der Waals surface area contributed by atoms with Crippen molar-refractivity contribution < 1.29 is 9.59 Å². The predicted molar refractivity (Wildman–Crippen MR) is 118 cm³/mol. The van der Waals surface area contributed by atoms with Crippen LogP contribution in [0.15, 0.2) is 0 Å². The van der Waals surface area contributed by atoms with Gasteiger partial charge in [-0.15, -0.1) is 0 Å². The van der Waals surface area contributed by atoms with Crippen LogP contribution in [0.3, 0.4) is 0 Å². The first kappa shape index (κ1) is 22.7. The van der Waals surface area contributed by atoms with Gasteiger partial charge < -0.3 is 15.1 Å². The number of Topliss-reactive ketones (excluding diaryl/α,β-unsaturated/α-hetero) is 1. The van der Waals surface area contributed by atoms with Gasteiger partial charge in [0.15, 0.2) is 0 Å². The Kier molecular flexibility index (Phi) is 8.15. The minimum atomic E-state index is 0.173. The topological polar surface area (TPSA) is 52.7 Å². The van der Waals surface area contributed by atoms with E-state index in [1.807, 2.05) is 13.8 Å². The molecule has 5 heteroatoms. The van der Waals surface area contributed by atoms with Gasteiger partial charge in [-0.25, -0.2) is 0 Å². The largest absolute Gasteiger partial charge is 0.342 e. The fourth-order valence-corrected chi connectivity index (χ4v) is 5.75. The summed E-state index contributed by atoms with van der Waals surface area (Å²) < 4.78 is 0. The summed E-state index contributed by atoms with van der Waals surface area (Å²) in [4.78, 5) is 29.2. The number of rotatable bonds is 4. The number of likely N-dealkylation sites (tertiary alicyclic amines) is 2. The molecule has 4 rings (SSSR count).